The monoisotopic (exact) mass is 350 g/mol. The molecule has 1 fully saturated rings. The molecule has 9 heteroatoms. The smallest absolute Gasteiger partial charge is 0.257 e. The molecular formula is C15H19ClN6O2. The summed E-state index contributed by atoms with van der Waals surface area (Å²) >= 11 is 6.32. The van der Waals surface area contributed by atoms with Crippen molar-refractivity contribution >= 4 is 17.5 Å². The Morgan fingerprint density at radius 2 is 2.29 bits per heavy atom. The van der Waals surface area contributed by atoms with E-state index >= 15 is 0 Å². The highest BCUT2D eigenvalue weighted by molar-refractivity contribution is 6.33. The van der Waals surface area contributed by atoms with Gasteiger partial charge >= 0.3 is 0 Å². The Kier molecular flexibility index (Phi) is 4.42. The minimum absolute atomic E-state index is 0.0426. The molecule has 2 N–H and O–H groups in total. The van der Waals surface area contributed by atoms with E-state index in [2.05, 4.69) is 22.4 Å². The summed E-state index contributed by atoms with van der Waals surface area (Å²) < 4.78 is 6.80. The van der Waals surface area contributed by atoms with Gasteiger partial charge in [-0.3, -0.25) is 4.79 Å². The fraction of sp³-hybridized carbons (Fsp3) is 0.467. The number of carbonyl (C=O) groups excluding carboxylic acids is 1. The van der Waals surface area contributed by atoms with Gasteiger partial charge in [-0.25, -0.2) is 0 Å². The van der Waals surface area contributed by atoms with Gasteiger partial charge in [-0.15, -0.1) is 5.10 Å². The van der Waals surface area contributed by atoms with Crippen LogP contribution in [0.2, 0.25) is 5.02 Å². The van der Waals surface area contributed by atoms with Gasteiger partial charge in [0.2, 0.25) is 0 Å². The summed E-state index contributed by atoms with van der Waals surface area (Å²) in [4.78, 5) is 14.7. The Bertz CT molecular complexity index is 751. The van der Waals surface area contributed by atoms with Crippen molar-refractivity contribution in [3.63, 3.8) is 0 Å². The van der Waals surface area contributed by atoms with E-state index in [0.717, 1.165) is 6.42 Å². The molecule has 0 bridgehead atoms. The van der Waals surface area contributed by atoms with Crippen molar-refractivity contribution in [1.82, 2.24) is 25.1 Å². The molecule has 24 heavy (non-hydrogen) atoms. The van der Waals surface area contributed by atoms with E-state index in [9.17, 15) is 4.79 Å². The molecule has 3 rings (SSSR count). The maximum absolute atomic E-state index is 12.9. The van der Waals surface area contributed by atoms with Gasteiger partial charge in [0.05, 0.1) is 23.4 Å². The maximum Gasteiger partial charge on any atom is 0.257 e. The van der Waals surface area contributed by atoms with Crippen LogP contribution >= 0.6 is 11.6 Å². The lowest BCUT2D eigenvalue weighted by Gasteiger charge is -2.23. The van der Waals surface area contributed by atoms with Crippen molar-refractivity contribution in [3.8, 4) is 11.4 Å². The Morgan fingerprint density at radius 3 is 2.88 bits per heavy atom. The maximum atomic E-state index is 12.9. The number of aromatic nitrogens is 4. The van der Waals surface area contributed by atoms with Crippen LogP contribution in [0.1, 0.15) is 23.7 Å². The third-order valence-corrected chi connectivity index (χ3v) is 4.74. The molecule has 1 amide bonds. The molecular weight excluding hydrogens is 332 g/mol. The number of nitrogens with two attached hydrogens (primary N) is 1. The predicted octanol–water partition coefficient (Wildman–Crippen LogP) is 1.14. The molecule has 8 nitrogen and oxygen atoms in total. The van der Waals surface area contributed by atoms with E-state index < -0.39 is 0 Å². The topological polar surface area (TPSA) is 99.2 Å². The summed E-state index contributed by atoms with van der Waals surface area (Å²) in [7, 11) is 1.51. The van der Waals surface area contributed by atoms with E-state index in [4.69, 9.17) is 22.1 Å². The summed E-state index contributed by atoms with van der Waals surface area (Å²) in [5.74, 6) is 0.311. The molecule has 1 aliphatic heterocycles. The van der Waals surface area contributed by atoms with Gasteiger partial charge in [0.1, 0.15) is 12.1 Å². The summed E-state index contributed by atoms with van der Waals surface area (Å²) in [5.41, 5.74) is 6.74. The van der Waals surface area contributed by atoms with Gasteiger partial charge in [-0.05, 0) is 34.9 Å². The first-order chi connectivity index (χ1) is 11.5. The lowest BCUT2D eigenvalue weighted by molar-refractivity contribution is 0.0773. The molecule has 0 radical (unpaired) electrons. The normalized spacial score (nSPS) is 20.4. The summed E-state index contributed by atoms with van der Waals surface area (Å²) in [5, 5.41) is 11.4. The van der Waals surface area contributed by atoms with E-state index in [1.54, 1.807) is 17.0 Å². The molecule has 128 valence electrons. The number of nitrogens with zero attached hydrogens (tertiary/aromatic N) is 5. The van der Waals surface area contributed by atoms with Crippen LogP contribution in [0.15, 0.2) is 18.5 Å². The van der Waals surface area contributed by atoms with Crippen LogP contribution in [0.3, 0.4) is 0 Å². The first-order valence-electron chi connectivity index (χ1n) is 7.58. The minimum atomic E-state index is -0.116. The highest BCUT2D eigenvalue weighted by atomic mass is 35.5. The SMILES string of the molecule is COc1cc(-n2cnnn2)c(Cl)cc1C(=O)N1CCC(C)(CN)C1. The van der Waals surface area contributed by atoms with Crippen LogP contribution in [0, 0.1) is 5.41 Å². The molecule has 1 saturated heterocycles. The Hall–Kier alpha value is -2.19. The number of ether oxygens (including phenoxy) is 1. The number of halogens is 1. The second kappa shape index (κ2) is 6.37. The molecule has 0 spiro atoms. The summed E-state index contributed by atoms with van der Waals surface area (Å²) in [6, 6.07) is 3.25. The number of rotatable bonds is 4. The van der Waals surface area contributed by atoms with Crippen LogP contribution in [0.4, 0.5) is 0 Å². The van der Waals surface area contributed by atoms with Crippen LogP contribution in [0.25, 0.3) is 5.69 Å². The quantitative estimate of drug-likeness (QED) is 0.887. The average Bonchev–Trinajstić information content (AvgIpc) is 3.24. The van der Waals surface area contributed by atoms with Gasteiger partial charge in [0.25, 0.3) is 5.91 Å². The number of tetrazole rings is 1. The Morgan fingerprint density at radius 1 is 1.50 bits per heavy atom. The fourth-order valence-electron chi connectivity index (χ4n) is 2.86. The van der Waals surface area contributed by atoms with Crippen LogP contribution in [0.5, 0.6) is 5.75 Å². The summed E-state index contributed by atoms with van der Waals surface area (Å²) in [6.07, 6.45) is 2.31. The zero-order valence-corrected chi connectivity index (χ0v) is 14.3. The van der Waals surface area contributed by atoms with Crippen LogP contribution in [-0.2, 0) is 0 Å². The fourth-order valence-corrected chi connectivity index (χ4v) is 3.11. The number of hydrogen-bond donors (Lipinski definition) is 1. The van der Waals surface area contributed by atoms with E-state index in [0.29, 0.717) is 41.7 Å². The van der Waals surface area contributed by atoms with Gasteiger partial charge in [-0.2, -0.15) is 4.68 Å². The van der Waals surface area contributed by atoms with Gasteiger partial charge in [0, 0.05) is 19.2 Å². The van der Waals surface area contributed by atoms with Crippen molar-refractivity contribution in [3.05, 3.63) is 29.0 Å². The van der Waals surface area contributed by atoms with Crippen LogP contribution < -0.4 is 10.5 Å². The lowest BCUT2D eigenvalue weighted by Crippen LogP contribution is -2.34. The van der Waals surface area contributed by atoms with E-state index in [1.165, 1.54) is 18.1 Å². The number of amides is 1. The second-order valence-corrected chi connectivity index (χ2v) is 6.66. The third kappa shape index (κ3) is 2.94. The standard InChI is InChI=1S/C15H19ClN6O2/c1-15(7-17)3-4-21(8-15)14(23)10-5-11(16)12(6-13(10)24-2)22-9-18-19-20-22/h5-6,9H,3-4,7-8,17H2,1-2H3. The predicted molar refractivity (Wildman–Crippen MR) is 88.4 cm³/mol. The van der Waals surface area contributed by atoms with Gasteiger partial charge in [0.15, 0.2) is 0 Å². The second-order valence-electron chi connectivity index (χ2n) is 6.25. The Labute approximate surface area is 144 Å². The highest BCUT2D eigenvalue weighted by Crippen LogP contribution is 2.34. The molecule has 0 aliphatic carbocycles. The van der Waals surface area contributed by atoms with Gasteiger partial charge in [-0.1, -0.05) is 18.5 Å². The van der Waals surface area contributed by atoms with E-state index in [-0.39, 0.29) is 11.3 Å². The zero-order chi connectivity index (χ0) is 17.3. The average molecular weight is 351 g/mol. The van der Waals surface area contributed by atoms with Crippen molar-refractivity contribution in [2.45, 2.75) is 13.3 Å². The molecule has 1 aromatic carbocycles. The van der Waals surface area contributed by atoms with Crippen molar-refractivity contribution < 1.29 is 9.53 Å². The largest absolute Gasteiger partial charge is 0.496 e. The van der Waals surface area contributed by atoms with Crippen LogP contribution in [-0.4, -0.2) is 57.8 Å². The molecule has 1 atom stereocenters. The number of hydrogen-bond acceptors (Lipinski definition) is 6. The van der Waals surface area contributed by atoms with Crippen molar-refractivity contribution in [1.29, 1.82) is 0 Å². The molecule has 1 aromatic heterocycles. The molecule has 1 aliphatic rings. The first-order valence-corrected chi connectivity index (χ1v) is 7.95. The Balaban J connectivity index is 1.94. The number of likely N-dealkylation sites (tertiary alicyclic amines) is 1. The molecule has 2 aromatic rings. The van der Waals surface area contributed by atoms with Crippen molar-refractivity contribution in [2.75, 3.05) is 26.7 Å². The zero-order valence-electron chi connectivity index (χ0n) is 13.6. The number of benzene rings is 1. The van der Waals surface area contributed by atoms with Gasteiger partial charge < -0.3 is 15.4 Å². The van der Waals surface area contributed by atoms with E-state index in [1.807, 2.05) is 0 Å². The lowest BCUT2D eigenvalue weighted by atomic mass is 9.90. The summed E-state index contributed by atoms with van der Waals surface area (Å²) in [6.45, 7) is 3.93. The first kappa shape index (κ1) is 16.7. The number of methoxy groups -OCH3 is 1. The van der Waals surface area contributed by atoms with Crippen molar-refractivity contribution in [2.24, 2.45) is 11.1 Å². The minimum Gasteiger partial charge on any atom is -0.496 e. The molecule has 2 heterocycles. The third-order valence-electron chi connectivity index (χ3n) is 4.43. The number of carbonyl (C=O) groups is 1. The molecule has 1 unspecified atom stereocenters. The highest BCUT2D eigenvalue weighted by Gasteiger charge is 2.36. The molecule has 0 saturated carbocycles.